The Balaban J connectivity index is 1.24. The number of anilines is 2. The van der Waals surface area contributed by atoms with E-state index in [1.165, 1.54) is 0 Å². The monoisotopic (exact) mass is 452 g/mol. The third-order valence-corrected chi connectivity index (χ3v) is 5.50. The Bertz CT molecular complexity index is 1240. The Morgan fingerprint density at radius 1 is 0.824 bits per heavy atom. The molecule has 0 saturated carbocycles. The number of hydrogen-bond donors (Lipinski definition) is 1. The van der Waals surface area contributed by atoms with Crippen LogP contribution in [0.5, 0.6) is 11.5 Å². The van der Waals surface area contributed by atoms with Gasteiger partial charge in [0.2, 0.25) is 0 Å². The van der Waals surface area contributed by atoms with E-state index in [2.05, 4.69) is 20.4 Å². The number of carbonyl (C=O) groups is 1. The third kappa shape index (κ3) is 5.22. The Labute approximate surface area is 198 Å². The van der Waals surface area contributed by atoms with Crippen LogP contribution in [0.4, 0.5) is 11.5 Å². The van der Waals surface area contributed by atoms with Gasteiger partial charge in [0.1, 0.15) is 11.5 Å². The summed E-state index contributed by atoms with van der Waals surface area (Å²) in [5.41, 5.74) is 2.85. The van der Waals surface area contributed by atoms with Crippen molar-refractivity contribution in [2.45, 2.75) is 0 Å². The highest BCUT2D eigenvalue weighted by Gasteiger charge is 2.13. The van der Waals surface area contributed by atoms with Crippen LogP contribution in [0.15, 0.2) is 91.0 Å². The Morgan fingerprint density at radius 2 is 1.59 bits per heavy atom. The van der Waals surface area contributed by atoms with Crippen molar-refractivity contribution < 1.29 is 14.3 Å². The van der Waals surface area contributed by atoms with Gasteiger partial charge in [-0.1, -0.05) is 30.3 Å². The summed E-state index contributed by atoms with van der Waals surface area (Å²) in [5.74, 6) is 2.06. The molecule has 5 rings (SSSR count). The van der Waals surface area contributed by atoms with Crippen molar-refractivity contribution in [3.63, 3.8) is 0 Å². The summed E-state index contributed by atoms with van der Waals surface area (Å²) in [5, 5.41) is 11.7. The second kappa shape index (κ2) is 10.1. The normalized spacial score (nSPS) is 13.4. The molecule has 0 aliphatic carbocycles. The van der Waals surface area contributed by atoms with Gasteiger partial charge >= 0.3 is 0 Å². The van der Waals surface area contributed by atoms with Crippen LogP contribution in [-0.2, 0) is 4.74 Å². The Morgan fingerprint density at radius 3 is 2.32 bits per heavy atom. The van der Waals surface area contributed by atoms with Crippen LogP contribution in [0, 0.1) is 0 Å². The number of hydrogen-bond acceptors (Lipinski definition) is 6. The molecule has 1 amide bonds. The van der Waals surface area contributed by atoms with Crippen molar-refractivity contribution in [1.29, 1.82) is 0 Å². The molecule has 1 N–H and O–H groups in total. The van der Waals surface area contributed by atoms with Gasteiger partial charge in [0.25, 0.3) is 5.91 Å². The number of nitrogens with one attached hydrogen (secondary N) is 1. The summed E-state index contributed by atoms with van der Waals surface area (Å²) < 4.78 is 11.2. The molecule has 0 unspecified atom stereocenters. The van der Waals surface area contributed by atoms with Crippen LogP contribution in [0.1, 0.15) is 10.4 Å². The maximum Gasteiger partial charge on any atom is 0.255 e. The average molecular weight is 453 g/mol. The highest BCUT2D eigenvalue weighted by atomic mass is 16.5. The van der Waals surface area contributed by atoms with Crippen LogP contribution in [0.3, 0.4) is 0 Å². The molecule has 7 heteroatoms. The van der Waals surface area contributed by atoms with Gasteiger partial charge in [0.15, 0.2) is 5.82 Å². The van der Waals surface area contributed by atoms with E-state index in [4.69, 9.17) is 9.47 Å². The topological polar surface area (TPSA) is 76.6 Å². The zero-order valence-corrected chi connectivity index (χ0v) is 18.6. The van der Waals surface area contributed by atoms with E-state index in [9.17, 15) is 4.79 Å². The smallest absolute Gasteiger partial charge is 0.255 e. The predicted molar refractivity (Wildman–Crippen MR) is 131 cm³/mol. The summed E-state index contributed by atoms with van der Waals surface area (Å²) in [6.45, 7) is 3.03. The number of para-hydroxylation sites is 1. The van der Waals surface area contributed by atoms with Crippen LogP contribution in [0.25, 0.3) is 11.3 Å². The molecule has 2 heterocycles. The first-order valence-electron chi connectivity index (χ1n) is 11.2. The molecule has 1 fully saturated rings. The van der Waals surface area contributed by atoms with Crippen molar-refractivity contribution in [2.24, 2.45) is 0 Å². The number of carbonyl (C=O) groups excluding carboxylic acids is 1. The number of nitrogens with zero attached hydrogens (tertiary/aromatic N) is 3. The first-order valence-corrected chi connectivity index (χ1v) is 11.2. The van der Waals surface area contributed by atoms with Crippen molar-refractivity contribution in [3.05, 3.63) is 96.6 Å². The molecule has 1 aliphatic heterocycles. The van der Waals surface area contributed by atoms with E-state index >= 15 is 0 Å². The van der Waals surface area contributed by atoms with Gasteiger partial charge in [0, 0.05) is 29.9 Å². The van der Waals surface area contributed by atoms with Gasteiger partial charge in [-0.2, -0.15) is 0 Å². The quantitative estimate of drug-likeness (QED) is 0.442. The molecule has 0 radical (unpaired) electrons. The molecule has 1 aromatic heterocycles. The molecule has 3 aromatic carbocycles. The van der Waals surface area contributed by atoms with Crippen LogP contribution in [-0.4, -0.2) is 42.4 Å². The number of aromatic nitrogens is 2. The molecule has 0 atom stereocenters. The average Bonchev–Trinajstić information content (AvgIpc) is 2.90. The van der Waals surface area contributed by atoms with Crippen molar-refractivity contribution >= 4 is 17.4 Å². The van der Waals surface area contributed by atoms with Crippen molar-refractivity contribution in [1.82, 2.24) is 10.2 Å². The summed E-state index contributed by atoms with van der Waals surface area (Å²) in [6.07, 6.45) is 0. The second-order valence-corrected chi connectivity index (χ2v) is 7.85. The molecule has 7 nitrogen and oxygen atoms in total. The molecular weight excluding hydrogens is 428 g/mol. The second-order valence-electron chi connectivity index (χ2n) is 7.85. The van der Waals surface area contributed by atoms with Crippen LogP contribution in [0.2, 0.25) is 0 Å². The first-order chi connectivity index (χ1) is 16.7. The first kappa shape index (κ1) is 21.6. The number of rotatable bonds is 6. The minimum absolute atomic E-state index is 0.197. The predicted octanol–water partition coefficient (Wildman–Crippen LogP) is 5.02. The fraction of sp³-hybridized carbons (Fsp3) is 0.148. The third-order valence-electron chi connectivity index (χ3n) is 5.50. The van der Waals surface area contributed by atoms with Gasteiger partial charge in [-0.25, -0.2) is 0 Å². The van der Waals surface area contributed by atoms with Gasteiger partial charge in [-0.3, -0.25) is 4.79 Å². The molecule has 0 bridgehead atoms. The lowest BCUT2D eigenvalue weighted by molar-refractivity contribution is 0.102. The van der Waals surface area contributed by atoms with Gasteiger partial charge in [-0.15, -0.1) is 10.2 Å². The number of ether oxygens (including phenoxy) is 2. The zero-order chi connectivity index (χ0) is 23.2. The lowest BCUT2D eigenvalue weighted by Crippen LogP contribution is -2.36. The summed E-state index contributed by atoms with van der Waals surface area (Å²) >= 11 is 0. The molecule has 170 valence electrons. The Hall–Kier alpha value is -4.23. The van der Waals surface area contributed by atoms with Crippen molar-refractivity contribution in [2.75, 3.05) is 36.5 Å². The maximum absolute atomic E-state index is 12.8. The highest BCUT2D eigenvalue weighted by Crippen LogP contribution is 2.24. The molecule has 1 saturated heterocycles. The van der Waals surface area contributed by atoms with E-state index in [1.54, 1.807) is 24.3 Å². The Kier molecular flexibility index (Phi) is 6.45. The van der Waals surface area contributed by atoms with Crippen LogP contribution >= 0.6 is 0 Å². The highest BCUT2D eigenvalue weighted by molar-refractivity contribution is 6.04. The number of amides is 1. The number of morpholine rings is 1. The molecule has 0 spiro atoms. The standard InChI is InChI=1S/C27H24N4O3/c32-27(20-9-11-24(12-10-20)34-23-7-2-1-3-8-23)28-22-6-4-5-21(19-22)25-13-14-26(30-29-25)31-15-17-33-18-16-31/h1-14,19H,15-18H2,(H,28,32). The minimum Gasteiger partial charge on any atom is -0.457 e. The van der Waals surface area contributed by atoms with E-state index in [-0.39, 0.29) is 5.91 Å². The van der Waals surface area contributed by atoms with Gasteiger partial charge in [-0.05, 0) is 60.7 Å². The van der Waals surface area contributed by atoms with E-state index in [0.717, 1.165) is 35.9 Å². The lowest BCUT2D eigenvalue weighted by Gasteiger charge is -2.27. The minimum atomic E-state index is -0.197. The van der Waals surface area contributed by atoms with Gasteiger partial charge in [0.05, 0.1) is 18.9 Å². The fourth-order valence-corrected chi connectivity index (χ4v) is 3.70. The lowest BCUT2D eigenvalue weighted by atomic mass is 10.1. The summed E-state index contributed by atoms with van der Waals surface area (Å²) in [4.78, 5) is 14.9. The van der Waals surface area contributed by atoms with Crippen LogP contribution < -0.4 is 15.0 Å². The van der Waals surface area contributed by atoms with Crippen molar-refractivity contribution in [3.8, 4) is 22.8 Å². The van der Waals surface area contributed by atoms with E-state index < -0.39 is 0 Å². The molecule has 34 heavy (non-hydrogen) atoms. The summed E-state index contributed by atoms with van der Waals surface area (Å²) in [6, 6.07) is 28.1. The van der Waals surface area contributed by atoms with E-state index in [0.29, 0.717) is 30.2 Å². The van der Waals surface area contributed by atoms with E-state index in [1.807, 2.05) is 66.7 Å². The fourth-order valence-electron chi connectivity index (χ4n) is 3.70. The molecule has 1 aliphatic rings. The molecule has 4 aromatic rings. The zero-order valence-electron chi connectivity index (χ0n) is 18.6. The SMILES string of the molecule is O=C(Nc1cccc(-c2ccc(N3CCOCC3)nn2)c1)c1ccc(Oc2ccccc2)cc1. The summed E-state index contributed by atoms with van der Waals surface area (Å²) in [7, 11) is 0. The largest absolute Gasteiger partial charge is 0.457 e. The van der Waals surface area contributed by atoms with Gasteiger partial charge < -0.3 is 19.7 Å². The number of benzene rings is 3. The molecular formula is C27H24N4O3. The maximum atomic E-state index is 12.8.